The third kappa shape index (κ3) is 2.47. The van der Waals surface area contributed by atoms with Gasteiger partial charge in [-0.2, -0.15) is 0 Å². The smallest absolute Gasteiger partial charge is 0.115 e. The quantitative estimate of drug-likeness (QED) is 0.838. The van der Waals surface area contributed by atoms with Crippen molar-refractivity contribution in [3.8, 4) is 11.5 Å². The fourth-order valence-corrected chi connectivity index (χ4v) is 4.29. The second-order valence-corrected chi connectivity index (χ2v) is 6.42. The van der Waals surface area contributed by atoms with Crippen molar-refractivity contribution in [1.82, 2.24) is 0 Å². The molecule has 3 rings (SSSR count). The molecule has 2 aromatic carbocycles. The van der Waals surface area contributed by atoms with E-state index in [1.165, 1.54) is 30.4 Å². The largest absolute Gasteiger partial charge is 0.508 e. The van der Waals surface area contributed by atoms with Crippen LogP contribution >= 0.6 is 0 Å². The maximum atomic E-state index is 9.97. The molecule has 0 saturated heterocycles. The number of benzene rings is 2. The Labute approximate surface area is 132 Å². The van der Waals surface area contributed by atoms with E-state index < -0.39 is 0 Å². The van der Waals surface area contributed by atoms with Gasteiger partial charge in [0.2, 0.25) is 0 Å². The van der Waals surface area contributed by atoms with Crippen molar-refractivity contribution >= 4 is 0 Å². The van der Waals surface area contributed by atoms with E-state index in [9.17, 15) is 10.2 Å². The van der Waals surface area contributed by atoms with Crippen LogP contribution in [0.1, 0.15) is 50.2 Å². The molecule has 2 N–H and O–H groups in total. The minimum Gasteiger partial charge on any atom is -0.508 e. The summed E-state index contributed by atoms with van der Waals surface area (Å²) in [5.74, 6) is 1.17. The Morgan fingerprint density at radius 3 is 2.05 bits per heavy atom. The van der Waals surface area contributed by atoms with Crippen LogP contribution < -0.4 is 0 Å². The second kappa shape index (κ2) is 6.04. The van der Waals surface area contributed by atoms with Crippen LogP contribution in [0.2, 0.25) is 0 Å². The van der Waals surface area contributed by atoms with Gasteiger partial charge in [-0.05, 0) is 54.2 Å². The normalized spacial score (nSPS) is 20.7. The second-order valence-electron chi connectivity index (χ2n) is 6.42. The molecule has 0 amide bonds. The maximum absolute atomic E-state index is 9.97. The molecule has 116 valence electrons. The van der Waals surface area contributed by atoms with Gasteiger partial charge in [-0.3, -0.25) is 0 Å². The van der Waals surface area contributed by atoms with Crippen LogP contribution in [0.3, 0.4) is 0 Å². The standard InChI is InChI=1S/C20H24O2/c1-2-15-7-3-4-12-20(15,16-8-5-10-18(21)13-16)17-9-6-11-19(22)14-17/h5-6,8-11,13-15,21-22H,2-4,7,12H2,1H3. The highest BCUT2D eigenvalue weighted by atomic mass is 16.3. The topological polar surface area (TPSA) is 40.5 Å². The third-order valence-electron chi connectivity index (χ3n) is 5.29. The lowest BCUT2D eigenvalue weighted by molar-refractivity contribution is 0.218. The minimum absolute atomic E-state index is 0.107. The van der Waals surface area contributed by atoms with Crippen molar-refractivity contribution in [1.29, 1.82) is 0 Å². The first-order valence-corrected chi connectivity index (χ1v) is 8.26. The molecule has 0 aliphatic heterocycles. The SMILES string of the molecule is CCC1CCCCC1(c1cccc(O)c1)c1cccc(O)c1. The van der Waals surface area contributed by atoms with Crippen LogP contribution in [0.4, 0.5) is 0 Å². The summed E-state index contributed by atoms with van der Waals surface area (Å²) in [6.07, 6.45) is 5.81. The number of aromatic hydroxyl groups is 2. The van der Waals surface area contributed by atoms with Crippen LogP contribution in [0, 0.1) is 5.92 Å². The maximum Gasteiger partial charge on any atom is 0.115 e. The van der Waals surface area contributed by atoms with Crippen molar-refractivity contribution in [3.05, 3.63) is 59.7 Å². The Morgan fingerprint density at radius 2 is 1.55 bits per heavy atom. The van der Waals surface area contributed by atoms with Gasteiger partial charge in [0.05, 0.1) is 0 Å². The first kappa shape index (κ1) is 15.0. The van der Waals surface area contributed by atoms with E-state index in [4.69, 9.17) is 0 Å². The lowest BCUT2D eigenvalue weighted by Gasteiger charge is -2.45. The summed E-state index contributed by atoms with van der Waals surface area (Å²) in [5.41, 5.74) is 2.24. The van der Waals surface area contributed by atoms with Gasteiger partial charge in [0.1, 0.15) is 11.5 Å². The average Bonchev–Trinajstić information content (AvgIpc) is 2.54. The summed E-state index contributed by atoms with van der Waals surface area (Å²) < 4.78 is 0. The Kier molecular flexibility index (Phi) is 4.10. The Hall–Kier alpha value is -1.96. The molecule has 0 aromatic heterocycles. The Bertz CT molecular complexity index is 602. The molecule has 2 aromatic rings. The zero-order chi connectivity index (χ0) is 15.6. The molecule has 1 fully saturated rings. The summed E-state index contributed by atoms with van der Waals surface area (Å²) in [5, 5.41) is 19.9. The van der Waals surface area contributed by atoms with Gasteiger partial charge < -0.3 is 10.2 Å². The van der Waals surface area contributed by atoms with E-state index in [0.717, 1.165) is 12.8 Å². The van der Waals surface area contributed by atoms with Gasteiger partial charge in [0.25, 0.3) is 0 Å². The molecule has 2 nitrogen and oxygen atoms in total. The third-order valence-corrected chi connectivity index (χ3v) is 5.29. The van der Waals surface area contributed by atoms with Gasteiger partial charge in [0, 0.05) is 5.41 Å². The predicted octanol–water partition coefficient (Wildman–Crippen LogP) is 4.98. The molecule has 1 aliphatic rings. The van der Waals surface area contributed by atoms with Crippen molar-refractivity contribution in [2.75, 3.05) is 0 Å². The highest BCUT2D eigenvalue weighted by Gasteiger charge is 2.42. The van der Waals surface area contributed by atoms with Crippen molar-refractivity contribution < 1.29 is 10.2 Å². The van der Waals surface area contributed by atoms with Crippen LogP contribution in [-0.2, 0) is 5.41 Å². The molecular formula is C20H24O2. The average molecular weight is 296 g/mol. The predicted molar refractivity (Wildman–Crippen MR) is 89.2 cm³/mol. The van der Waals surface area contributed by atoms with Crippen LogP contribution in [0.5, 0.6) is 11.5 Å². The zero-order valence-electron chi connectivity index (χ0n) is 13.1. The summed E-state index contributed by atoms with van der Waals surface area (Å²) in [6.45, 7) is 2.25. The molecule has 1 aliphatic carbocycles. The van der Waals surface area contributed by atoms with E-state index in [1.807, 2.05) is 24.3 Å². The zero-order valence-corrected chi connectivity index (χ0v) is 13.1. The Balaban J connectivity index is 2.21. The lowest BCUT2D eigenvalue weighted by atomic mass is 9.58. The molecule has 0 spiro atoms. The molecule has 1 atom stereocenters. The highest BCUT2D eigenvalue weighted by molar-refractivity contribution is 5.45. The van der Waals surface area contributed by atoms with Crippen molar-refractivity contribution in [3.63, 3.8) is 0 Å². The molecule has 1 saturated carbocycles. The molecular weight excluding hydrogens is 272 g/mol. The molecule has 2 heteroatoms. The number of phenols is 2. The minimum atomic E-state index is -0.107. The van der Waals surface area contributed by atoms with Gasteiger partial charge in [-0.15, -0.1) is 0 Å². The van der Waals surface area contributed by atoms with Crippen molar-refractivity contribution in [2.24, 2.45) is 5.92 Å². The van der Waals surface area contributed by atoms with Gasteiger partial charge in [-0.25, -0.2) is 0 Å². The van der Waals surface area contributed by atoms with E-state index in [1.54, 1.807) is 12.1 Å². The molecule has 0 bridgehead atoms. The van der Waals surface area contributed by atoms with Gasteiger partial charge in [-0.1, -0.05) is 50.5 Å². The van der Waals surface area contributed by atoms with E-state index >= 15 is 0 Å². The number of hydrogen-bond acceptors (Lipinski definition) is 2. The summed E-state index contributed by atoms with van der Waals surface area (Å²) in [7, 11) is 0. The molecule has 22 heavy (non-hydrogen) atoms. The molecule has 0 radical (unpaired) electrons. The van der Waals surface area contributed by atoms with Crippen LogP contribution in [-0.4, -0.2) is 10.2 Å². The van der Waals surface area contributed by atoms with Crippen LogP contribution in [0.15, 0.2) is 48.5 Å². The molecule has 0 heterocycles. The fourth-order valence-electron chi connectivity index (χ4n) is 4.29. The number of rotatable bonds is 3. The summed E-state index contributed by atoms with van der Waals surface area (Å²) >= 11 is 0. The van der Waals surface area contributed by atoms with E-state index in [0.29, 0.717) is 17.4 Å². The van der Waals surface area contributed by atoms with E-state index in [2.05, 4.69) is 19.1 Å². The lowest BCUT2D eigenvalue weighted by Crippen LogP contribution is -2.39. The Morgan fingerprint density at radius 1 is 0.955 bits per heavy atom. The summed E-state index contributed by atoms with van der Waals surface area (Å²) in [4.78, 5) is 0. The number of hydrogen-bond donors (Lipinski definition) is 2. The first-order chi connectivity index (χ1) is 10.7. The first-order valence-electron chi connectivity index (χ1n) is 8.26. The van der Waals surface area contributed by atoms with Crippen LogP contribution in [0.25, 0.3) is 0 Å². The monoisotopic (exact) mass is 296 g/mol. The highest BCUT2D eigenvalue weighted by Crippen LogP contribution is 2.50. The van der Waals surface area contributed by atoms with E-state index in [-0.39, 0.29) is 5.41 Å². The van der Waals surface area contributed by atoms with Gasteiger partial charge in [0.15, 0.2) is 0 Å². The molecule has 1 unspecified atom stereocenters. The summed E-state index contributed by atoms with van der Waals surface area (Å²) in [6, 6.07) is 15.4. The number of phenolic OH excluding ortho intramolecular Hbond substituents is 2. The van der Waals surface area contributed by atoms with Gasteiger partial charge >= 0.3 is 0 Å². The van der Waals surface area contributed by atoms with Crippen molar-refractivity contribution in [2.45, 2.75) is 44.4 Å². The fraction of sp³-hybridized carbons (Fsp3) is 0.400.